The summed E-state index contributed by atoms with van der Waals surface area (Å²) in [6.07, 6.45) is 4.99. The second kappa shape index (κ2) is 6.32. The second-order valence-corrected chi connectivity index (χ2v) is 7.31. The Kier molecular flexibility index (Phi) is 4.11. The SMILES string of the molecule is Cc1cc(C2(c3nc(C(C)(C)c4ccncc4)no3)CCOCC2)on1. The first-order chi connectivity index (χ1) is 12.5. The summed E-state index contributed by atoms with van der Waals surface area (Å²) < 4.78 is 16.9. The highest BCUT2D eigenvalue weighted by Gasteiger charge is 2.46. The molecule has 0 spiro atoms. The van der Waals surface area contributed by atoms with E-state index in [0.29, 0.717) is 24.9 Å². The van der Waals surface area contributed by atoms with Gasteiger partial charge in [-0.05, 0) is 51.3 Å². The monoisotopic (exact) mass is 354 g/mol. The highest BCUT2D eigenvalue weighted by molar-refractivity contribution is 5.31. The van der Waals surface area contributed by atoms with Gasteiger partial charge in [0.25, 0.3) is 0 Å². The van der Waals surface area contributed by atoms with Gasteiger partial charge in [0.05, 0.1) is 11.1 Å². The summed E-state index contributed by atoms with van der Waals surface area (Å²) >= 11 is 0. The van der Waals surface area contributed by atoms with Crippen molar-refractivity contribution in [2.24, 2.45) is 0 Å². The van der Waals surface area contributed by atoms with Gasteiger partial charge in [-0.15, -0.1) is 0 Å². The third kappa shape index (κ3) is 2.72. The van der Waals surface area contributed by atoms with Crippen LogP contribution >= 0.6 is 0 Å². The molecule has 0 aliphatic carbocycles. The first-order valence-electron chi connectivity index (χ1n) is 8.79. The van der Waals surface area contributed by atoms with Gasteiger partial charge < -0.3 is 13.8 Å². The quantitative estimate of drug-likeness (QED) is 0.711. The number of hydrogen-bond donors (Lipinski definition) is 0. The van der Waals surface area contributed by atoms with Crippen molar-refractivity contribution in [3.63, 3.8) is 0 Å². The summed E-state index contributed by atoms with van der Waals surface area (Å²) in [5.41, 5.74) is 1.03. The number of aromatic nitrogens is 4. The lowest BCUT2D eigenvalue weighted by Crippen LogP contribution is -2.35. The fraction of sp³-hybridized carbons (Fsp3) is 0.474. The summed E-state index contributed by atoms with van der Waals surface area (Å²) in [4.78, 5) is 8.89. The van der Waals surface area contributed by atoms with Gasteiger partial charge in [0, 0.05) is 31.7 Å². The maximum Gasteiger partial charge on any atom is 0.240 e. The molecular weight excluding hydrogens is 332 g/mol. The molecule has 1 aliphatic rings. The summed E-state index contributed by atoms with van der Waals surface area (Å²) in [6.45, 7) is 7.29. The topological polar surface area (TPSA) is 87.1 Å². The predicted molar refractivity (Wildman–Crippen MR) is 92.7 cm³/mol. The lowest BCUT2D eigenvalue weighted by atomic mass is 9.77. The molecule has 4 rings (SSSR count). The van der Waals surface area contributed by atoms with E-state index in [9.17, 15) is 0 Å². The molecule has 1 fully saturated rings. The Bertz CT molecular complexity index is 879. The summed E-state index contributed by atoms with van der Waals surface area (Å²) in [7, 11) is 0. The molecule has 0 radical (unpaired) electrons. The van der Waals surface area contributed by atoms with Gasteiger partial charge in [-0.25, -0.2) is 0 Å². The predicted octanol–water partition coefficient (Wildman–Crippen LogP) is 3.18. The van der Waals surface area contributed by atoms with E-state index < -0.39 is 10.8 Å². The third-order valence-electron chi connectivity index (χ3n) is 5.24. The first-order valence-corrected chi connectivity index (χ1v) is 8.79. The fourth-order valence-electron chi connectivity index (χ4n) is 3.44. The van der Waals surface area contributed by atoms with Crippen molar-refractivity contribution < 1.29 is 13.8 Å². The summed E-state index contributed by atoms with van der Waals surface area (Å²) in [5, 5.41) is 8.36. The van der Waals surface area contributed by atoms with Crippen molar-refractivity contribution in [1.29, 1.82) is 0 Å². The smallest absolute Gasteiger partial charge is 0.240 e. The molecule has 0 amide bonds. The van der Waals surface area contributed by atoms with E-state index in [1.165, 1.54) is 0 Å². The zero-order chi connectivity index (χ0) is 18.2. The van der Waals surface area contributed by atoms with Gasteiger partial charge in [0.15, 0.2) is 11.6 Å². The van der Waals surface area contributed by atoms with Crippen LogP contribution in [0.4, 0.5) is 0 Å². The highest BCUT2D eigenvalue weighted by Crippen LogP contribution is 2.41. The molecule has 0 atom stereocenters. The maximum atomic E-state index is 5.76. The molecule has 3 aromatic heterocycles. The van der Waals surface area contributed by atoms with Crippen LogP contribution < -0.4 is 0 Å². The van der Waals surface area contributed by atoms with Crippen LogP contribution in [0, 0.1) is 6.92 Å². The molecule has 0 unspecified atom stereocenters. The number of ether oxygens (including phenoxy) is 1. The lowest BCUT2D eigenvalue weighted by Gasteiger charge is -2.31. The van der Waals surface area contributed by atoms with Crippen LogP contribution in [0.15, 0.2) is 39.6 Å². The minimum absolute atomic E-state index is 0.394. The van der Waals surface area contributed by atoms with Gasteiger partial charge in [0.1, 0.15) is 5.41 Å². The average molecular weight is 354 g/mol. The number of pyridine rings is 1. The van der Waals surface area contributed by atoms with E-state index in [4.69, 9.17) is 18.8 Å². The van der Waals surface area contributed by atoms with Gasteiger partial charge >= 0.3 is 0 Å². The average Bonchev–Trinajstić information content (AvgIpc) is 3.33. The third-order valence-corrected chi connectivity index (χ3v) is 5.24. The van der Waals surface area contributed by atoms with E-state index in [-0.39, 0.29) is 0 Å². The van der Waals surface area contributed by atoms with Crippen molar-refractivity contribution in [2.75, 3.05) is 13.2 Å². The van der Waals surface area contributed by atoms with Crippen molar-refractivity contribution in [1.82, 2.24) is 20.3 Å². The van der Waals surface area contributed by atoms with E-state index in [1.54, 1.807) is 12.4 Å². The van der Waals surface area contributed by atoms with E-state index in [1.807, 2.05) is 25.1 Å². The van der Waals surface area contributed by atoms with E-state index in [2.05, 4.69) is 29.1 Å². The minimum atomic E-state index is -0.487. The van der Waals surface area contributed by atoms with Crippen LogP contribution in [0.25, 0.3) is 0 Å². The number of nitrogens with zero attached hydrogens (tertiary/aromatic N) is 4. The normalized spacial score (nSPS) is 17.3. The van der Waals surface area contributed by atoms with Gasteiger partial charge in [-0.1, -0.05) is 10.3 Å². The highest BCUT2D eigenvalue weighted by atomic mass is 16.5. The zero-order valence-corrected chi connectivity index (χ0v) is 15.2. The molecule has 26 heavy (non-hydrogen) atoms. The zero-order valence-electron chi connectivity index (χ0n) is 15.2. The summed E-state index contributed by atoms with van der Waals surface area (Å²) in [6, 6.07) is 5.89. The van der Waals surface area contributed by atoms with Crippen LogP contribution in [0.5, 0.6) is 0 Å². The largest absolute Gasteiger partial charge is 0.381 e. The van der Waals surface area contributed by atoms with Crippen molar-refractivity contribution in [2.45, 2.75) is 44.4 Å². The number of rotatable bonds is 4. The minimum Gasteiger partial charge on any atom is -0.381 e. The molecule has 1 saturated heterocycles. The molecule has 7 nitrogen and oxygen atoms in total. The number of hydrogen-bond acceptors (Lipinski definition) is 7. The number of aryl methyl sites for hydroxylation is 1. The van der Waals surface area contributed by atoms with Crippen LogP contribution in [0.2, 0.25) is 0 Å². The van der Waals surface area contributed by atoms with Gasteiger partial charge in [-0.2, -0.15) is 4.98 Å². The Morgan fingerprint density at radius 2 is 1.77 bits per heavy atom. The molecule has 0 bridgehead atoms. The molecule has 7 heteroatoms. The second-order valence-electron chi connectivity index (χ2n) is 7.31. The lowest BCUT2D eigenvalue weighted by molar-refractivity contribution is 0.0425. The Balaban J connectivity index is 1.75. The van der Waals surface area contributed by atoms with Gasteiger partial charge in [-0.3, -0.25) is 4.98 Å². The summed E-state index contributed by atoms with van der Waals surface area (Å²) in [5.74, 6) is 1.96. The first kappa shape index (κ1) is 16.9. The maximum absolute atomic E-state index is 5.76. The fourth-order valence-corrected chi connectivity index (χ4v) is 3.44. The van der Waals surface area contributed by atoms with Crippen LogP contribution in [-0.4, -0.2) is 33.5 Å². The van der Waals surface area contributed by atoms with Crippen molar-refractivity contribution in [3.05, 3.63) is 59.3 Å². The molecule has 0 N–H and O–H groups in total. The van der Waals surface area contributed by atoms with Gasteiger partial charge in [0.2, 0.25) is 5.89 Å². The standard InChI is InChI=1S/C19H22N4O3/c1-13-12-15(25-22-13)19(6-10-24-11-7-19)17-21-16(23-26-17)18(2,3)14-4-8-20-9-5-14/h4-5,8-9,12H,6-7,10-11H2,1-3H3. The Morgan fingerprint density at radius 1 is 1.04 bits per heavy atom. The van der Waals surface area contributed by atoms with Crippen molar-refractivity contribution in [3.8, 4) is 0 Å². The molecule has 1 aliphatic heterocycles. The van der Waals surface area contributed by atoms with Crippen LogP contribution in [-0.2, 0) is 15.6 Å². The molecule has 3 aromatic rings. The Morgan fingerprint density at radius 3 is 2.42 bits per heavy atom. The molecule has 4 heterocycles. The van der Waals surface area contributed by atoms with Crippen molar-refractivity contribution >= 4 is 0 Å². The van der Waals surface area contributed by atoms with Crippen LogP contribution in [0.3, 0.4) is 0 Å². The molecule has 0 saturated carbocycles. The Labute approximate surface area is 151 Å². The van der Waals surface area contributed by atoms with Crippen LogP contribution in [0.1, 0.15) is 55.4 Å². The molecule has 0 aromatic carbocycles. The molecule has 136 valence electrons. The molecular formula is C19H22N4O3. The Hall–Kier alpha value is -2.54. The van der Waals surface area contributed by atoms with E-state index in [0.717, 1.165) is 29.9 Å². The van der Waals surface area contributed by atoms with E-state index >= 15 is 0 Å².